The van der Waals surface area contributed by atoms with Crippen LogP contribution in [-0.4, -0.2) is 29.3 Å². The molecule has 0 aromatic heterocycles. The summed E-state index contributed by atoms with van der Waals surface area (Å²) in [5.74, 6) is 0.0871. The topological polar surface area (TPSA) is 61.4 Å². The van der Waals surface area contributed by atoms with Crippen LogP contribution in [0.2, 0.25) is 5.02 Å². The molecule has 3 aromatic carbocycles. The van der Waals surface area contributed by atoms with Gasteiger partial charge >= 0.3 is 0 Å². The number of fused-ring (bicyclic) bond motifs is 3. The highest BCUT2D eigenvalue weighted by molar-refractivity contribution is 6.33. The van der Waals surface area contributed by atoms with Gasteiger partial charge in [0.15, 0.2) is 0 Å². The minimum atomic E-state index is -0.215. The van der Waals surface area contributed by atoms with E-state index >= 15 is 0 Å². The van der Waals surface area contributed by atoms with Gasteiger partial charge in [0, 0.05) is 24.1 Å². The molecule has 2 heterocycles. The second-order valence-corrected chi connectivity index (χ2v) is 10.9. The van der Waals surface area contributed by atoms with E-state index in [0.717, 1.165) is 43.4 Å². The fourth-order valence-electron chi connectivity index (χ4n) is 6.66. The molecule has 1 saturated heterocycles. The normalized spacial score (nSPS) is 26.5. The van der Waals surface area contributed by atoms with E-state index in [1.165, 1.54) is 5.56 Å². The van der Waals surface area contributed by atoms with E-state index in [9.17, 15) is 9.59 Å². The predicted octanol–water partition coefficient (Wildman–Crippen LogP) is 6.39. The minimum Gasteiger partial charge on any atom is -0.376 e. The number of hydrogen-bond donors (Lipinski definition) is 2. The number of hydrogen-bond acceptors (Lipinski definition) is 3. The van der Waals surface area contributed by atoms with Gasteiger partial charge < -0.3 is 15.5 Å². The number of benzene rings is 3. The van der Waals surface area contributed by atoms with Crippen molar-refractivity contribution in [3.05, 3.63) is 101 Å². The maximum Gasteiger partial charge on any atom is 0.251 e. The molecular formula is C31H32ClN3O2. The molecule has 1 saturated carbocycles. The highest BCUT2D eigenvalue weighted by Gasteiger charge is 2.48. The van der Waals surface area contributed by atoms with Crippen LogP contribution < -0.4 is 10.6 Å². The average Bonchev–Trinajstić information content (AvgIpc) is 3.39. The molecule has 2 aliphatic heterocycles. The summed E-state index contributed by atoms with van der Waals surface area (Å²) in [5, 5.41) is 7.61. The summed E-state index contributed by atoms with van der Waals surface area (Å²) in [6.07, 6.45) is 4.58. The smallest absolute Gasteiger partial charge is 0.251 e. The van der Waals surface area contributed by atoms with Gasteiger partial charge in [-0.1, -0.05) is 85.1 Å². The molecule has 3 aromatic rings. The Labute approximate surface area is 223 Å². The van der Waals surface area contributed by atoms with Crippen LogP contribution in [0.1, 0.15) is 65.7 Å². The Morgan fingerprint density at radius 1 is 0.865 bits per heavy atom. The van der Waals surface area contributed by atoms with Gasteiger partial charge in [-0.2, -0.15) is 0 Å². The van der Waals surface area contributed by atoms with Gasteiger partial charge in [0.25, 0.3) is 5.91 Å². The van der Waals surface area contributed by atoms with E-state index in [-0.39, 0.29) is 41.8 Å². The Balaban J connectivity index is 1.30. The van der Waals surface area contributed by atoms with Gasteiger partial charge in [-0.3, -0.25) is 9.59 Å². The van der Waals surface area contributed by atoms with E-state index < -0.39 is 0 Å². The van der Waals surface area contributed by atoms with E-state index in [0.29, 0.717) is 17.1 Å². The van der Waals surface area contributed by atoms with Crippen LogP contribution in [0.25, 0.3) is 0 Å². The molecule has 2 amide bonds. The van der Waals surface area contributed by atoms with Crippen LogP contribution in [0.15, 0.2) is 78.9 Å². The number of nitrogens with one attached hydrogen (secondary N) is 2. The number of rotatable bonds is 4. The largest absolute Gasteiger partial charge is 0.376 e. The summed E-state index contributed by atoms with van der Waals surface area (Å²) in [7, 11) is 0. The fourth-order valence-corrected chi connectivity index (χ4v) is 6.89. The zero-order chi connectivity index (χ0) is 25.4. The first-order chi connectivity index (χ1) is 18.1. The third kappa shape index (κ3) is 4.50. The van der Waals surface area contributed by atoms with Gasteiger partial charge in [0.2, 0.25) is 5.91 Å². The third-order valence-corrected chi connectivity index (χ3v) is 8.73. The van der Waals surface area contributed by atoms with Crippen LogP contribution in [0.4, 0.5) is 5.69 Å². The first-order valence-electron chi connectivity index (χ1n) is 13.4. The fraction of sp³-hybridized carbons (Fsp3) is 0.355. The summed E-state index contributed by atoms with van der Waals surface area (Å²) < 4.78 is 0. The second-order valence-electron chi connectivity index (χ2n) is 10.5. The lowest BCUT2D eigenvalue weighted by molar-refractivity contribution is -0.138. The van der Waals surface area contributed by atoms with Crippen molar-refractivity contribution in [3.63, 3.8) is 0 Å². The van der Waals surface area contributed by atoms with E-state index in [1.807, 2.05) is 48.5 Å². The van der Waals surface area contributed by atoms with Crippen LogP contribution in [-0.2, 0) is 4.79 Å². The number of likely N-dealkylation sites (tertiary alicyclic amines) is 1. The molecular weight excluding hydrogens is 482 g/mol. The van der Waals surface area contributed by atoms with Crippen molar-refractivity contribution >= 4 is 29.1 Å². The molecule has 2 N–H and O–H groups in total. The SMILES string of the molecule is O=C(N[C@@H]1CCCC[C@@H]1C(=O)N1CCC2C(c3ccccc3)Nc3c(Cl)cccc3C21)c1ccccc1. The van der Waals surface area contributed by atoms with Crippen LogP contribution in [0.5, 0.6) is 0 Å². The Morgan fingerprint density at radius 2 is 1.59 bits per heavy atom. The molecule has 3 aliphatic rings. The number of nitrogens with zero attached hydrogens (tertiary/aromatic N) is 1. The van der Waals surface area contributed by atoms with E-state index in [2.05, 4.69) is 45.9 Å². The Bertz CT molecular complexity index is 1280. The number of halogens is 1. The summed E-state index contributed by atoms with van der Waals surface area (Å²) in [5.41, 5.74) is 3.86. The summed E-state index contributed by atoms with van der Waals surface area (Å²) in [4.78, 5) is 29.3. The third-order valence-electron chi connectivity index (χ3n) is 8.41. The lowest BCUT2D eigenvalue weighted by Gasteiger charge is -2.42. The zero-order valence-electron chi connectivity index (χ0n) is 20.8. The predicted molar refractivity (Wildman–Crippen MR) is 146 cm³/mol. The van der Waals surface area contributed by atoms with Crippen molar-refractivity contribution in [1.29, 1.82) is 0 Å². The molecule has 5 nitrogen and oxygen atoms in total. The second kappa shape index (κ2) is 10.2. The molecule has 2 fully saturated rings. The van der Waals surface area contributed by atoms with Gasteiger partial charge in [-0.05, 0) is 48.6 Å². The van der Waals surface area contributed by atoms with Crippen molar-refractivity contribution in [1.82, 2.24) is 10.2 Å². The van der Waals surface area contributed by atoms with Gasteiger partial charge in [0.1, 0.15) is 0 Å². The number of anilines is 1. The Morgan fingerprint density at radius 3 is 2.38 bits per heavy atom. The van der Waals surface area contributed by atoms with E-state index in [1.54, 1.807) is 0 Å². The summed E-state index contributed by atoms with van der Waals surface area (Å²) in [6.45, 7) is 0.709. The van der Waals surface area contributed by atoms with Gasteiger partial charge in [0.05, 0.1) is 28.7 Å². The number of para-hydroxylation sites is 1. The van der Waals surface area contributed by atoms with Crippen molar-refractivity contribution in [2.75, 3.05) is 11.9 Å². The molecule has 5 atom stereocenters. The summed E-state index contributed by atoms with van der Waals surface area (Å²) in [6, 6.07) is 25.6. The Hall–Kier alpha value is -3.31. The van der Waals surface area contributed by atoms with E-state index in [4.69, 9.17) is 11.6 Å². The van der Waals surface area contributed by atoms with Crippen molar-refractivity contribution < 1.29 is 9.59 Å². The van der Waals surface area contributed by atoms with Gasteiger partial charge in [-0.25, -0.2) is 0 Å². The van der Waals surface area contributed by atoms with Crippen LogP contribution in [0.3, 0.4) is 0 Å². The highest BCUT2D eigenvalue weighted by Crippen LogP contribution is 2.53. The van der Waals surface area contributed by atoms with Crippen LogP contribution >= 0.6 is 11.6 Å². The van der Waals surface area contributed by atoms with Crippen LogP contribution in [0, 0.1) is 11.8 Å². The molecule has 1 aliphatic carbocycles. The quantitative estimate of drug-likeness (QED) is 0.425. The lowest BCUT2D eigenvalue weighted by atomic mass is 9.79. The van der Waals surface area contributed by atoms with Gasteiger partial charge in [-0.15, -0.1) is 0 Å². The molecule has 0 spiro atoms. The molecule has 37 heavy (non-hydrogen) atoms. The maximum absolute atomic E-state index is 14.2. The highest BCUT2D eigenvalue weighted by atomic mass is 35.5. The van der Waals surface area contributed by atoms with Crippen molar-refractivity contribution in [3.8, 4) is 0 Å². The molecule has 190 valence electrons. The first-order valence-corrected chi connectivity index (χ1v) is 13.8. The zero-order valence-corrected chi connectivity index (χ0v) is 21.5. The average molecular weight is 514 g/mol. The monoisotopic (exact) mass is 513 g/mol. The molecule has 6 rings (SSSR count). The van der Waals surface area contributed by atoms with Crippen molar-refractivity contribution in [2.45, 2.75) is 50.2 Å². The summed E-state index contributed by atoms with van der Waals surface area (Å²) >= 11 is 6.69. The maximum atomic E-state index is 14.2. The molecule has 0 radical (unpaired) electrons. The standard InChI is InChI=1S/C31H32ClN3O2/c32-25-16-9-15-23-28(25)34-27(20-10-3-1-4-11-20)24-18-19-35(29(23)24)31(37)22-14-7-8-17-26(22)33-30(36)21-12-5-2-6-13-21/h1-6,9-13,15-16,22,24,26-27,29,34H,7-8,14,17-19H2,(H,33,36)/t22-,24?,26+,27?,29?/m0/s1. The Kier molecular flexibility index (Phi) is 6.64. The molecule has 6 heteroatoms. The number of carbonyl (C=O) groups excluding carboxylic acids is 2. The number of amides is 2. The van der Waals surface area contributed by atoms with Crippen molar-refractivity contribution in [2.24, 2.45) is 11.8 Å². The molecule has 0 bridgehead atoms. The number of carbonyl (C=O) groups is 2. The minimum absolute atomic E-state index is 0.0416. The first kappa shape index (κ1) is 24.1. The molecule has 3 unspecified atom stereocenters. The lowest BCUT2D eigenvalue weighted by Crippen LogP contribution is -2.50.